The van der Waals surface area contributed by atoms with Crippen LogP contribution in [0.3, 0.4) is 0 Å². The van der Waals surface area contributed by atoms with Gasteiger partial charge in [-0.05, 0) is 31.5 Å². The molecule has 1 fully saturated rings. The predicted molar refractivity (Wildman–Crippen MR) is 69.2 cm³/mol. The fourth-order valence-corrected chi connectivity index (χ4v) is 2.29. The van der Waals surface area contributed by atoms with Gasteiger partial charge in [-0.1, -0.05) is 0 Å². The second-order valence-electron chi connectivity index (χ2n) is 5.19. The van der Waals surface area contributed by atoms with Crippen LogP contribution in [0.25, 0.3) is 0 Å². The molecule has 1 N–H and O–H groups in total. The third kappa shape index (κ3) is 2.45. The van der Waals surface area contributed by atoms with Crippen LogP contribution in [-0.4, -0.2) is 42.1 Å². The third-order valence-electron chi connectivity index (χ3n) is 3.68. The van der Waals surface area contributed by atoms with Crippen LogP contribution < -0.4 is 4.74 Å². The highest BCUT2D eigenvalue weighted by atomic mass is 19.1. The number of carboxylic acid groups (broad SMARTS) is 1. The first-order valence-corrected chi connectivity index (χ1v) is 6.23. The molecular weight excluding hydrogens is 265 g/mol. The number of carbonyl (C=O) groups is 2. The molecule has 1 aromatic rings. The van der Waals surface area contributed by atoms with Crippen molar-refractivity contribution in [3.8, 4) is 5.75 Å². The molecule has 5 nitrogen and oxygen atoms in total. The van der Waals surface area contributed by atoms with Gasteiger partial charge in [0.1, 0.15) is 0 Å². The number of hydrogen-bond acceptors (Lipinski definition) is 3. The van der Waals surface area contributed by atoms with Crippen LogP contribution in [0, 0.1) is 11.2 Å². The van der Waals surface area contributed by atoms with E-state index in [1.165, 1.54) is 24.1 Å². The number of ether oxygens (including phenoxy) is 1. The third-order valence-corrected chi connectivity index (χ3v) is 3.68. The molecule has 1 atom stereocenters. The van der Waals surface area contributed by atoms with Crippen LogP contribution in [0.2, 0.25) is 0 Å². The van der Waals surface area contributed by atoms with E-state index in [9.17, 15) is 14.0 Å². The number of hydrogen-bond donors (Lipinski definition) is 1. The predicted octanol–water partition coefficient (Wildman–Crippen LogP) is 1.77. The Morgan fingerprint density at radius 3 is 2.65 bits per heavy atom. The van der Waals surface area contributed by atoms with Crippen LogP contribution in [0.5, 0.6) is 5.75 Å². The summed E-state index contributed by atoms with van der Waals surface area (Å²) in [5, 5.41) is 9.14. The molecule has 1 aromatic carbocycles. The molecule has 0 radical (unpaired) electrons. The molecule has 1 aliphatic rings. The van der Waals surface area contributed by atoms with E-state index in [1.807, 2.05) is 0 Å². The van der Waals surface area contributed by atoms with Crippen LogP contribution in [0.4, 0.5) is 4.39 Å². The Hall–Kier alpha value is -2.11. The molecule has 1 amide bonds. The van der Waals surface area contributed by atoms with E-state index in [2.05, 4.69) is 0 Å². The van der Waals surface area contributed by atoms with E-state index in [0.29, 0.717) is 13.0 Å². The van der Waals surface area contributed by atoms with Crippen molar-refractivity contribution in [1.29, 1.82) is 0 Å². The Labute approximate surface area is 116 Å². The molecule has 0 saturated carbocycles. The molecule has 1 saturated heterocycles. The number of methoxy groups -OCH3 is 1. The second kappa shape index (κ2) is 5.11. The zero-order valence-corrected chi connectivity index (χ0v) is 11.4. The minimum absolute atomic E-state index is 0.0679. The molecule has 2 rings (SSSR count). The van der Waals surface area contributed by atoms with Crippen LogP contribution in [0.15, 0.2) is 18.2 Å². The molecule has 1 aliphatic heterocycles. The van der Waals surface area contributed by atoms with E-state index in [-0.39, 0.29) is 23.8 Å². The summed E-state index contributed by atoms with van der Waals surface area (Å²) < 4.78 is 18.4. The summed E-state index contributed by atoms with van der Waals surface area (Å²) >= 11 is 0. The average molecular weight is 281 g/mol. The van der Waals surface area contributed by atoms with Crippen molar-refractivity contribution >= 4 is 11.9 Å². The van der Waals surface area contributed by atoms with E-state index in [1.54, 1.807) is 6.92 Å². The van der Waals surface area contributed by atoms with Crippen LogP contribution in [-0.2, 0) is 4.79 Å². The van der Waals surface area contributed by atoms with Gasteiger partial charge in [0.25, 0.3) is 5.91 Å². The first-order valence-electron chi connectivity index (χ1n) is 6.23. The topological polar surface area (TPSA) is 66.8 Å². The maximum absolute atomic E-state index is 13.6. The van der Waals surface area contributed by atoms with Crippen molar-refractivity contribution in [3.05, 3.63) is 29.6 Å². The van der Waals surface area contributed by atoms with Gasteiger partial charge in [0, 0.05) is 18.7 Å². The number of carboxylic acids is 1. The van der Waals surface area contributed by atoms with Gasteiger partial charge in [0.15, 0.2) is 11.6 Å². The number of nitrogens with zero attached hydrogens (tertiary/aromatic N) is 1. The highest BCUT2D eigenvalue weighted by Gasteiger charge is 2.42. The minimum atomic E-state index is -0.930. The minimum Gasteiger partial charge on any atom is -0.494 e. The maximum atomic E-state index is 13.6. The number of amides is 1. The highest BCUT2D eigenvalue weighted by molar-refractivity contribution is 5.95. The molecule has 6 heteroatoms. The largest absolute Gasteiger partial charge is 0.494 e. The summed E-state index contributed by atoms with van der Waals surface area (Å²) in [6.07, 6.45) is 0.396. The van der Waals surface area contributed by atoms with Crippen LogP contribution >= 0.6 is 0 Å². The quantitative estimate of drug-likeness (QED) is 0.917. The van der Waals surface area contributed by atoms with Gasteiger partial charge in [0.05, 0.1) is 12.5 Å². The first kappa shape index (κ1) is 14.3. The Morgan fingerprint density at radius 1 is 1.45 bits per heavy atom. The number of likely N-dealkylation sites (tertiary alicyclic amines) is 1. The summed E-state index contributed by atoms with van der Waals surface area (Å²) in [5.41, 5.74) is -0.737. The summed E-state index contributed by atoms with van der Waals surface area (Å²) in [6, 6.07) is 3.97. The lowest BCUT2D eigenvalue weighted by Crippen LogP contribution is -2.34. The van der Waals surface area contributed by atoms with E-state index < -0.39 is 17.2 Å². The van der Waals surface area contributed by atoms with Crippen molar-refractivity contribution in [2.24, 2.45) is 5.41 Å². The number of benzene rings is 1. The average Bonchev–Trinajstić information content (AvgIpc) is 2.82. The highest BCUT2D eigenvalue weighted by Crippen LogP contribution is 2.31. The van der Waals surface area contributed by atoms with Gasteiger partial charge in [-0.25, -0.2) is 4.39 Å². The SMILES string of the molecule is COc1ccc(C(=O)N2CCC(C)(C(=O)O)C2)cc1F. The van der Waals surface area contributed by atoms with Crippen LogP contribution in [0.1, 0.15) is 23.7 Å². The second-order valence-corrected chi connectivity index (χ2v) is 5.19. The van der Waals surface area contributed by atoms with Gasteiger partial charge in [-0.3, -0.25) is 9.59 Å². The summed E-state index contributed by atoms with van der Waals surface area (Å²) in [7, 11) is 1.35. The fraction of sp³-hybridized carbons (Fsp3) is 0.429. The molecule has 0 aromatic heterocycles. The monoisotopic (exact) mass is 281 g/mol. The molecule has 0 aliphatic carbocycles. The first-order chi connectivity index (χ1) is 9.37. The number of rotatable bonds is 3. The van der Waals surface area contributed by atoms with E-state index >= 15 is 0 Å². The Bertz CT molecular complexity index is 560. The Morgan fingerprint density at radius 2 is 2.15 bits per heavy atom. The van der Waals surface area contributed by atoms with Crippen molar-refractivity contribution in [2.75, 3.05) is 20.2 Å². The molecule has 0 spiro atoms. The number of halogens is 1. The number of carbonyl (C=O) groups excluding carboxylic acids is 1. The smallest absolute Gasteiger partial charge is 0.311 e. The van der Waals surface area contributed by atoms with E-state index in [4.69, 9.17) is 9.84 Å². The lowest BCUT2D eigenvalue weighted by atomic mass is 9.90. The van der Waals surface area contributed by atoms with Gasteiger partial charge < -0.3 is 14.7 Å². The standard InChI is InChI=1S/C14H16FNO4/c1-14(13(18)19)5-6-16(8-14)12(17)9-3-4-11(20-2)10(15)7-9/h3-4,7H,5-6,8H2,1-2H3,(H,18,19). The molecule has 108 valence electrons. The molecule has 1 unspecified atom stereocenters. The van der Waals surface area contributed by atoms with E-state index in [0.717, 1.165) is 6.07 Å². The fourth-order valence-electron chi connectivity index (χ4n) is 2.29. The summed E-state index contributed by atoms with van der Waals surface area (Å²) in [4.78, 5) is 24.8. The zero-order chi connectivity index (χ0) is 14.9. The summed E-state index contributed by atoms with van der Waals surface area (Å²) in [5.74, 6) is -1.83. The normalized spacial score (nSPS) is 21.9. The van der Waals surface area contributed by atoms with Crippen molar-refractivity contribution < 1.29 is 23.8 Å². The van der Waals surface area contributed by atoms with Gasteiger partial charge in [-0.2, -0.15) is 0 Å². The van der Waals surface area contributed by atoms with Crippen molar-refractivity contribution in [1.82, 2.24) is 4.90 Å². The molecule has 1 heterocycles. The lowest BCUT2D eigenvalue weighted by Gasteiger charge is -2.20. The van der Waals surface area contributed by atoms with Gasteiger partial charge >= 0.3 is 5.97 Å². The van der Waals surface area contributed by atoms with Gasteiger partial charge in [-0.15, -0.1) is 0 Å². The summed E-state index contributed by atoms with van der Waals surface area (Å²) in [6.45, 7) is 2.10. The van der Waals surface area contributed by atoms with Gasteiger partial charge in [0.2, 0.25) is 0 Å². The lowest BCUT2D eigenvalue weighted by molar-refractivity contribution is -0.147. The Kier molecular flexibility index (Phi) is 3.65. The number of aliphatic carboxylic acids is 1. The maximum Gasteiger partial charge on any atom is 0.311 e. The molecule has 20 heavy (non-hydrogen) atoms. The molecule has 0 bridgehead atoms. The van der Waals surface area contributed by atoms with Crippen molar-refractivity contribution in [3.63, 3.8) is 0 Å². The zero-order valence-electron chi connectivity index (χ0n) is 11.4. The molecular formula is C14H16FNO4. The van der Waals surface area contributed by atoms with Crippen molar-refractivity contribution in [2.45, 2.75) is 13.3 Å². The Balaban J connectivity index is 2.17.